The number of carbonyl (C=O) groups excluding carboxylic acids is 4. The lowest BCUT2D eigenvalue weighted by Crippen LogP contribution is -2.37. The number of rotatable bonds is 13. The maximum Gasteiger partial charge on any atom is 0.323 e. The van der Waals surface area contributed by atoms with Gasteiger partial charge < -0.3 is 24.7 Å². The van der Waals surface area contributed by atoms with Crippen LogP contribution in [-0.2, 0) is 35.1 Å². The SMILES string of the molecule is CCCC(C)C(=O)OC[C@H](C)OC(=O)[C@@H](N)Cc1ccc(OC(=O)CC(C)(C)C)c(OC(=O)CC(C)(C)C)c1. The van der Waals surface area contributed by atoms with Crippen LogP contribution in [0.3, 0.4) is 0 Å². The molecule has 9 heteroatoms. The molecule has 0 amide bonds. The minimum Gasteiger partial charge on any atom is -0.462 e. The quantitative estimate of drug-likeness (QED) is 0.262. The lowest BCUT2D eigenvalue weighted by molar-refractivity contribution is -0.161. The zero-order chi connectivity index (χ0) is 30.0. The first kappa shape index (κ1) is 34.1. The Hall–Kier alpha value is -2.94. The summed E-state index contributed by atoms with van der Waals surface area (Å²) in [6.07, 6.45) is 1.33. The van der Waals surface area contributed by atoms with Crippen LogP contribution in [0.25, 0.3) is 0 Å². The Morgan fingerprint density at radius 3 is 1.90 bits per heavy atom. The lowest BCUT2D eigenvalue weighted by atomic mass is 9.92. The summed E-state index contributed by atoms with van der Waals surface area (Å²) in [5.41, 5.74) is 6.09. The number of carbonyl (C=O) groups is 4. The molecule has 0 bridgehead atoms. The second kappa shape index (κ2) is 15.0. The van der Waals surface area contributed by atoms with E-state index in [9.17, 15) is 19.2 Å². The van der Waals surface area contributed by atoms with E-state index in [1.165, 1.54) is 12.1 Å². The van der Waals surface area contributed by atoms with E-state index >= 15 is 0 Å². The van der Waals surface area contributed by atoms with Crippen LogP contribution in [0.1, 0.15) is 93.6 Å². The van der Waals surface area contributed by atoms with Crippen molar-refractivity contribution in [2.75, 3.05) is 6.61 Å². The van der Waals surface area contributed by atoms with E-state index in [4.69, 9.17) is 24.7 Å². The molecular formula is C30H47NO8. The normalized spacial score (nSPS) is 14.1. The van der Waals surface area contributed by atoms with Gasteiger partial charge in [-0.25, -0.2) is 0 Å². The van der Waals surface area contributed by atoms with Crippen molar-refractivity contribution in [3.8, 4) is 11.5 Å². The minimum absolute atomic E-state index is 0.0617. The van der Waals surface area contributed by atoms with Gasteiger partial charge in [0.15, 0.2) is 11.5 Å². The van der Waals surface area contributed by atoms with Crippen LogP contribution >= 0.6 is 0 Å². The summed E-state index contributed by atoms with van der Waals surface area (Å²) in [7, 11) is 0. The Balaban J connectivity index is 2.92. The van der Waals surface area contributed by atoms with Gasteiger partial charge in [0.2, 0.25) is 0 Å². The number of ether oxygens (including phenoxy) is 4. The molecule has 0 radical (unpaired) electrons. The molecule has 2 N–H and O–H groups in total. The third kappa shape index (κ3) is 14.1. The Labute approximate surface area is 233 Å². The highest BCUT2D eigenvalue weighted by Gasteiger charge is 2.24. The highest BCUT2D eigenvalue weighted by atomic mass is 16.6. The molecule has 0 spiro atoms. The first-order valence-corrected chi connectivity index (χ1v) is 13.6. The smallest absolute Gasteiger partial charge is 0.323 e. The van der Waals surface area contributed by atoms with Crippen molar-refractivity contribution in [1.29, 1.82) is 0 Å². The summed E-state index contributed by atoms with van der Waals surface area (Å²) in [4.78, 5) is 49.5. The van der Waals surface area contributed by atoms with Crippen molar-refractivity contribution in [3.05, 3.63) is 23.8 Å². The molecule has 3 atom stereocenters. The van der Waals surface area contributed by atoms with Crippen LogP contribution in [0, 0.1) is 16.7 Å². The molecule has 9 nitrogen and oxygen atoms in total. The van der Waals surface area contributed by atoms with Crippen LogP contribution in [0.2, 0.25) is 0 Å². The van der Waals surface area contributed by atoms with Crippen molar-refractivity contribution < 1.29 is 38.1 Å². The Morgan fingerprint density at radius 1 is 0.846 bits per heavy atom. The second-order valence-corrected chi connectivity index (χ2v) is 12.6. The van der Waals surface area contributed by atoms with E-state index in [-0.39, 0.29) is 60.1 Å². The number of hydrogen-bond donors (Lipinski definition) is 1. The largest absolute Gasteiger partial charge is 0.462 e. The summed E-state index contributed by atoms with van der Waals surface area (Å²) in [6, 6.07) is 3.68. The average molecular weight is 550 g/mol. The molecule has 1 aromatic rings. The van der Waals surface area contributed by atoms with Gasteiger partial charge in [-0.05, 0) is 48.3 Å². The van der Waals surface area contributed by atoms with Crippen molar-refractivity contribution in [2.24, 2.45) is 22.5 Å². The first-order valence-electron chi connectivity index (χ1n) is 13.6. The van der Waals surface area contributed by atoms with Crippen LogP contribution in [-0.4, -0.2) is 42.6 Å². The zero-order valence-electron chi connectivity index (χ0n) is 25.1. The van der Waals surface area contributed by atoms with Crippen LogP contribution < -0.4 is 15.2 Å². The van der Waals surface area contributed by atoms with Crippen LogP contribution in [0.5, 0.6) is 11.5 Å². The predicted octanol–water partition coefficient (Wildman–Crippen LogP) is 5.15. The van der Waals surface area contributed by atoms with Gasteiger partial charge in [0, 0.05) is 0 Å². The Morgan fingerprint density at radius 2 is 1.38 bits per heavy atom. The first-order chi connectivity index (χ1) is 17.9. The summed E-state index contributed by atoms with van der Waals surface area (Å²) >= 11 is 0. The molecule has 1 aromatic carbocycles. The van der Waals surface area contributed by atoms with E-state index in [0.717, 1.165) is 12.8 Å². The van der Waals surface area contributed by atoms with Crippen LogP contribution in [0.4, 0.5) is 0 Å². The lowest BCUT2D eigenvalue weighted by Gasteiger charge is -2.20. The van der Waals surface area contributed by atoms with E-state index in [1.54, 1.807) is 19.9 Å². The van der Waals surface area contributed by atoms with Crippen molar-refractivity contribution in [2.45, 2.75) is 107 Å². The molecule has 0 heterocycles. The molecule has 1 rings (SSSR count). The van der Waals surface area contributed by atoms with Crippen LogP contribution in [0.15, 0.2) is 18.2 Å². The van der Waals surface area contributed by atoms with Gasteiger partial charge in [-0.3, -0.25) is 19.2 Å². The highest BCUT2D eigenvalue weighted by molar-refractivity contribution is 5.78. The van der Waals surface area contributed by atoms with Gasteiger partial charge in [0.1, 0.15) is 18.8 Å². The molecule has 39 heavy (non-hydrogen) atoms. The van der Waals surface area contributed by atoms with Gasteiger partial charge in [-0.1, -0.05) is 67.9 Å². The molecule has 0 aliphatic carbocycles. The zero-order valence-corrected chi connectivity index (χ0v) is 25.1. The fraction of sp³-hybridized carbons (Fsp3) is 0.667. The van der Waals surface area contributed by atoms with Crippen molar-refractivity contribution in [1.82, 2.24) is 0 Å². The number of esters is 4. The predicted molar refractivity (Wildman–Crippen MR) is 148 cm³/mol. The number of nitrogens with two attached hydrogens (primary N) is 1. The molecule has 0 fully saturated rings. The van der Waals surface area contributed by atoms with E-state index < -0.39 is 30.1 Å². The molecule has 1 unspecified atom stereocenters. The third-order valence-electron chi connectivity index (χ3n) is 5.47. The van der Waals surface area contributed by atoms with E-state index in [2.05, 4.69) is 0 Å². The van der Waals surface area contributed by atoms with Gasteiger partial charge in [-0.15, -0.1) is 0 Å². The summed E-state index contributed by atoms with van der Waals surface area (Å²) in [5.74, 6) is -1.96. The maximum absolute atomic E-state index is 12.6. The van der Waals surface area contributed by atoms with Crippen molar-refractivity contribution >= 4 is 23.9 Å². The fourth-order valence-electron chi connectivity index (χ4n) is 3.58. The number of benzene rings is 1. The van der Waals surface area contributed by atoms with Crippen molar-refractivity contribution in [3.63, 3.8) is 0 Å². The summed E-state index contributed by atoms with van der Waals surface area (Å²) in [5, 5.41) is 0. The van der Waals surface area contributed by atoms with E-state index in [1.807, 2.05) is 48.5 Å². The molecule has 0 aliphatic rings. The topological polar surface area (TPSA) is 131 Å². The summed E-state index contributed by atoms with van der Waals surface area (Å²) < 4.78 is 21.7. The number of hydrogen-bond acceptors (Lipinski definition) is 9. The Kier molecular flexibility index (Phi) is 13.1. The molecule has 220 valence electrons. The average Bonchev–Trinajstić information content (AvgIpc) is 2.76. The molecule has 0 saturated carbocycles. The van der Waals surface area contributed by atoms with Gasteiger partial charge in [0.05, 0.1) is 18.8 Å². The van der Waals surface area contributed by atoms with Gasteiger partial charge in [-0.2, -0.15) is 0 Å². The standard InChI is InChI=1S/C30H47NO8/c1-10-11-19(2)27(34)36-18-20(3)37-28(35)22(31)14-21-12-13-23(38-25(32)16-29(4,5)6)24(15-21)39-26(33)17-30(7,8)9/h12-13,15,19-20,22H,10-11,14,16-18,31H2,1-9H3/t19?,20-,22-/m0/s1. The molecular weight excluding hydrogens is 502 g/mol. The molecule has 0 aromatic heterocycles. The summed E-state index contributed by atoms with van der Waals surface area (Å²) in [6.45, 7) is 16.8. The molecule has 0 saturated heterocycles. The second-order valence-electron chi connectivity index (χ2n) is 12.6. The third-order valence-corrected chi connectivity index (χ3v) is 5.47. The Bertz CT molecular complexity index is 990. The monoisotopic (exact) mass is 549 g/mol. The molecule has 0 aliphatic heterocycles. The maximum atomic E-state index is 12.6. The van der Waals surface area contributed by atoms with Gasteiger partial charge in [0.25, 0.3) is 0 Å². The van der Waals surface area contributed by atoms with E-state index in [0.29, 0.717) is 5.56 Å². The fourth-order valence-corrected chi connectivity index (χ4v) is 3.58. The highest BCUT2D eigenvalue weighted by Crippen LogP contribution is 2.32. The van der Waals surface area contributed by atoms with Gasteiger partial charge >= 0.3 is 23.9 Å². The minimum atomic E-state index is -1.02.